The fourth-order valence-corrected chi connectivity index (χ4v) is 5.51. The lowest BCUT2D eigenvalue weighted by molar-refractivity contribution is -0.255. The van der Waals surface area contributed by atoms with Crippen LogP contribution in [0, 0.1) is 16.7 Å². The normalized spacial score (nSPS) is 15.1. The molecule has 0 aliphatic heterocycles. The standard InChI is InChI=1S/C33H32ClF3N2O5/c1-31(2,3)44-30(42)21-8-6-20(7-9-21)14-27(40)26(17-32(12-5-13-32)33(35,36)37)39-19-28(43-4)25(16-29(39)41)24-15-23(34)11-10-22(24)18-38/h6-11,15-16,19,26H,5,12-14,17H2,1-4H3. The van der Waals surface area contributed by atoms with Crippen molar-refractivity contribution in [1.82, 2.24) is 4.57 Å². The second-order valence-electron chi connectivity index (χ2n) is 12.0. The van der Waals surface area contributed by atoms with Crippen molar-refractivity contribution in [3.8, 4) is 22.9 Å². The van der Waals surface area contributed by atoms with Gasteiger partial charge >= 0.3 is 12.1 Å². The van der Waals surface area contributed by atoms with Crippen molar-refractivity contribution in [1.29, 1.82) is 5.26 Å². The average molecular weight is 629 g/mol. The summed E-state index contributed by atoms with van der Waals surface area (Å²) in [4.78, 5) is 39.7. The fraction of sp³-hybridized carbons (Fsp3) is 0.394. The van der Waals surface area contributed by atoms with Gasteiger partial charge in [0.15, 0.2) is 5.78 Å². The molecule has 1 aliphatic carbocycles. The maximum atomic E-state index is 14.3. The molecule has 0 N–H and O–H groups in total. The highest BCUT2D eigenvalue weighted by molar-refractivity contribution is 6.31. The molecule has 44 heavy (non-hydrogen) atoms. The molecule has 0 saturated heterocycles. The van der Waals surface area contributed by atoms with Crippen LogP contribution in [-0.2, 0) is 16.0 Å². The van der Waals surface area contributed by atoms with Crippen molar-refractivity contribution >= 4 is 23.4 Å². The summed E-state index contributed by atoms with van der Waals surface area (Å²) in [7, 11) is 1.32. The van der Waals surface area contributed by atoms with Gasteiger partial charge in [0.05, 0.1) is 42.0 Å². The van der Waals surface area contributed by atoms with Crippen LogP contribution in [-0.4, -0.2) is 35.2 Å². The predicted molar refractivity (Wildman–Crippen MR) is 159 cm³/mol. The van der Waals surface area contributed by atoms with Crippen molar-refractivity contribution in [3.05, 3.63) is 86.8 Å². The van der Waals surface area contributed by atoms with Gasteiger partial charge in [0, 0.05) is 28.6 Å². The first-order valence-corrected chi connectivity index (χ1v) is 14.4. The molecule has 0 spiro atoms. The minimum atomic E-state index is -4.57. The molecule has 1 heterocycles. The number of methoxy groups -OCH3 is 1. The number of rotatable bonds is 9. The Morgan fingerprint density at radius 3 is 2.25 bits per heavy atom. The second kappa shape index (κ2) is 12.5. The summed E-state index contributed by atoms with van der Waals surface area (Å²) in [6.07, 6.45) is -4.20. The maximum absolute atomic E-state index is 14.3. The Morgan fingerprint density at radius 2 is 1.73 bits per heavy atom. The SMILES string of the molecule is COc1cn(C(CC2(C(F)(F)F)CCC2)C(=O)Cc2ccc(C(=O)OC(C)(C)C)cc2)c(=O)cc1-c1cc(Cl)ccc1C#N. The molecule has 4 rings (SSSR count). The van der Waals surface area contributed by atoms with E-state index in [9.17, 15) is 32.8 Å². The molecular formula is C33H32ClF3N2O5. The summed E-state index contributed by atoms with van der Waals surface area (Å²) in [6, 6.07) is 12.2. The van der Waals surface area contributed by atoms with E-state index < -0.39 is 47.0 Å². The number of alkyl halides is 3. The molecule has 1 atom stereocenters. The van der Waals surface area contributed by atoms with E-state index in [1.807, 2.05) is 6.07 Å². The van der Waals surface area contributed by atoms with E-state index in [2.05, 4.69) is 0 Å². The summed E-state index contributed by atoms with van der Waals surface area (Å²) in [5.74, 6) is -1.08. The van der Waals surface area contributed by atoms with Gasteiger partial charge in [-0.25, -0.2) is 4.79 Å². The zero-order valence-corrected chi connectivity index (χ0v) is 25.5. The minimum Gasteiger partial charge on any atom is -0.495 e. The lowest BCUT2D eigenvalue weighted by atomic mass is 9.64. The highest BCUT2D eigenvalue weighted by atomic mass is 35.5. The predicted octanol–water partition coefficient (Wildman–Crippen LogP) is 7.48. The van der Waals surface area contributed by atoms with E-state index in [0.717, 1.165) is 10.6 Å². The van der Waals surface area contributed by atoms with Crippen LogP contribution in [0.3, 0.4) is 0 Å². The van der Waals surface area contributed by atoms with Gasteiger partial charge in [-0.05, 0) is 75.9 Å². The molecule has 1 saturated carbocycles. The van der Waals surface area contributed by atoms with E-state index in [-0.39, 0.29) is 41.7 Å². The van der Waals surface area contributed by atoms with Crippen molar-refractivity contribution in [3.63, 3.8) is 0 Å². The van der Waals surface area contributed by atoms with Crippen molar-refractivity contribution in [2.75, 3.05) is 7.11 Å². The summed E-state index contributed by atoms with van der Waals surface area (Å²) < 4.78 is 54.8. The first-order chi connectivity index (χ1) is 20.6. The number of carbonyl (C=O) groups excluding carboxylic acids is 2. The lowest BCUT2D eigenvalue weighted by Crippen LogP contribution is -2.47. The number of benzene rings is 2. The smallest absolute Gasteiger partial charge is 0.394 e. The Morgan fingerprint density at radius 1 is 1.07 bits per heavy atom. The third kappa shape index (κ3) is 6.99. The molecule has 232 valence electrons. The monoisotopic (exact) mass is 628 g/mol. The number of esters is 1. The van der Waals surface area contributed by atoms with Gasteiger partial charge in [-0.3, -0.25) is 9.59 Å². The van der Waals surface area contributed by atoms with Gasteiger partial charge in [0.25, 0.3) is 5.56 Å². The highest BCUT2D eigenvalue weighted by Crippen LogP contribution is 2.57. The van der Waals surface area contributed by atoms with E-state index in [0.29, 0.717) is 22.6 Å². The molecule has 1 fully saturated rings. The Hall–Kier alpha value is -4.10. The summed E-state index contributed by atoms with van der Waals surface area (Å²) >= 11 is 6.14. The summed E-state index contributed by atoms with van der Waals surface area (Å²) in [5.41, 5.74) is -2.12. The van der Waals surface area contributed by atoms with E-state index in [1.54, 1.807) is 20.8 Å². The van der Waals surface area contributed by atoms with Crippen molar-refractivity contribution in [2.24, 2.45) is 5.41 Å². The maximum Gasteiger partial charge on any atom is 0.394 e. The minimum absolute atomic E-state index is 0.0811. The Kier molecular flexibility index (Phi) is 9.31. The van der Waals surface area contributed by atoms with Crippen LogP contribution in [0.1, 0.15) is 74.0 Å². The van der Waals surface area contributed by atoms with Crippen LogP contribution in [0.4, 0.5) is 13.2 Å². The largest absolute Gasteiger partial charge is 0.495 e. The molecule has 11 heteroatoms. The zero-order chi connectivity index (χ0) is 32.4. The first-order valence-electron chi connectivity index (χ1n) is 14.0. The number of Topliss-reactive ketones (excluding diaryl/α,β-unsaturated/α-hetero) is 1. The van der Waals surface area contributed by atoms with E-state index >= 15 is 0 Å². The van der Waals surface area contributed by atoms with E-state index in [4.69, 9.17) is 21.1 Å². The Labute approximate surface area is 258 Å². The number of hydrogen-bond donors (Lipinski definition) is 0. The molecule has 0 bridgehead atoms. The molecule has 1 aromatic heterocycles. The second-order valence-corrected chi connectivity index (χ2v) is 12.4. The van der Waals surface area contributed by atoms with Gasteiger partial charge in [-0.2, -0.15) is 18.4 Å². The number of pyridine rings is 1. The number of halogens is 4. The number of hydrogen-bond acceptors (Lipinski definition) is 6. The molecule has 7 nitrogen and oxygen atoms in total. The van der Waals surface area contributed by atoms with Gasteiger partial charge in [0.1, 0.15) is 11.4 Å². The van der Waals surface area contributed by atoms with Crippen LogP contribution in [0.5, 0.6) is 5.75 Å². The van der Waals surface area contributed by atoms with Gasteiger partial charge < -0.3 is 14.0 Å². The molecule has 2 aromatic carbocycles. The van der Waals surface area contributed by atoms with Crippen molar-refractivity contribution < 1.29 is 32.2 Å². The molecule has 3 aromatic rings. The van der Waals surface area contributed by atoms with Crippen LogP contribution in [0.2, 0.25) is 5.02 Å². The zero-order valence-electron chi connectivity index (χ0n) is 24.8. The number of nitrogens with zero attached hydrogens (tertiary/aromatic N) is 2. The average Bonchev–Trinajstić information content (AvgIpc) is 2.91. The Balaban J connectivity index is 1.74. The third-order valence-corrected chi connectivity index (χ3v) is 8.06. The number of aromatic nitrogens is 1. The van der Waals surface area contributed by atoms with Gasteiger partial charge in [-0.1, -0.05) is 30.2 Å². The molecule has 0 amide bonds. The van der Waals surface area contributed by atoms with E-state index in [1.165, 1.54) is 55.8 Å². The fourth-order valence-electron chi connectivity index (χ4n) is 5.34. The summed E-state index contributed by atoms with van der Waals surface area (Å²) in [6.45, 7) is 5.19. The third-order valence-electron chi connectivity index (χ3n) is 7.83. The van der Waals surface area contributed by atoms with Crippen molar-refractivity contribution in [2.45, 2.75) is 70.7 Å². The topological polar surface area (TPSA) is 98.4 Å². The number of ketones is 1. The number of carbonyl (C=O) groups is 2. The highest BCUT2D eigenvalue weighted by Gasteiger charge is 2.59. The summed E-state index contributed by atoms with van der Waals surface area (Å²) in [5, 5.41) is 9.90. The number of nitriles is 1. The van der Waals surface area contributed by atoms with Crippen LogP contribution in [0.15, 0.2) is 59.5 Å². The van der Waals surface area contributed by atoms with Crippen LogP contribution >= 0.6 is 11.6 Å². The molecule has 1 aliphatic rings. The van der Waals surface area contributed by atoms with Crippen LogP contribution in [0.25, 0.3) is 11.1 Å². The number of ether oxygens (including phenoxy) is 2. The van der Waals surface area contributed by atoms with Crippen LogP contribution < -0.4 is 10.3 Å². The quantitative estimate of drug-likeness (QED) is 0.228. The van der Waals surface area contributed by atoms with Gasteiger partial charge in [0.2, 0.25) is 0 Å². The molecule has 0 radical (unpaired) electrons. The molecular weight excluding hydrogens is 597 g/mol. The van der Waals surface area contributed by atoms with Gasteiger partial charge in [-0.15, -0.1) is 0 Å². The lowest BCUT2D eigenvalue weighted by Gasteiger charge is -2.45. The first kappa shape index (κ1) is 32.8. The molecule has 1 unspecified atom stereocenters. The Bertz CT molecular complexity index is 1660.